The first-order valence-corrected chi connectivity index (χ1v) is 9.07. The summed E-state index contributed by atoms with van der Waals surface area (Å²) in [4.78, 5) is 29.5. The van der Waals surface area contributed by atoms with Crippen LogP contribution in [-0.2, 0) is 22.4 Å². The van der Waals surface area contributed by atoms with Crippen LogP contribution < -0.4 is 0 Å². The van der Waals surface area contributed by atoms with E-state index in [4.69, 9.17) is 5.11 Å². The maximum Gasteiger partial charge on any atom is 0.306 e. The highest BCUT2D eigenvalue weighted by molar-refractivity contribution is 7.09. The fourth-order valence-corrected chi connectivity index (χ4v) is 3.76. The number of carboxylic acids is 1. The SMILES string of the molecule is O=C(O)C1CCN(C(=O)Cc2csc(Cc3ccc(F)cc3)n2)CC1. The summed E-state index contributed by atoms with van der Waals surface area (Å²) in [6.07, 6.45) is 1.86. The zero-order valence-corrected chi connectivity index (χ0v) is 14.5. The molecule has 0 unspecified atom stereocenters. The summed E-state index contributed by atoms with van der Waals surface area (Å²) in [6.45, 7) is 0.977. The van der Waals surface area contributed by atoms with Crippen LogP contribution in [-0.4, -0.2) is 40.0 Å². The van der Waals surface area contributed by atoms with Crippen molar-refractivity contribution in [2.45, 2.75) is 25.7 Å². The summed E-state index contributed by atoms with van der Waals surface area (Å²) in [6, 6.07) is 6.31. The second kappa shape index (κ2) is 7.74. The number of rotatable bonds is 5. The van der Waals surface area contributed by atoms with Crippen molar-refractivity contribution >= 4 is 23.2 Å². The predicted octanol–water partition coefficient (Wildman–Crippen LogP) is 2.74. The van der Waals surface area contributed by atoms with Crippen molar-refractivity contribution in [2.75, 3.05) is 13.1 Å². The molecule has 0 bridgehead atoms. The molecular formula is C18H19FN2O3S. The minimum absolute atomic E-state index is 0.0116. The highest BCUT2D eigenvalue weighted by atomic mass is 32.1. The van der Waals surface area contributed by atoms with E-state index in [1.807, 2.05) is 5.38 Å². The second-order valence-electron chi connectivity index (χ2n) is 6.21. The van der Waals surface area contributed by atoms with Gasteiger partial charge in [-0.2, -0.15) is 0 Å². The number of amides is 1. The third-order valence-corrected chi connectivity index (χ3v) is 5.29. The Bertz CT molecular complexity index is 752. The topological polar surface area (TPSA) is 70.5 Å². The monoisotopic (exact) mass is 362 g/mol. The summed E-state index contributed by atoms with van der Waals surface area (Å²) < 4.78 is 12.9. The zero-order chi connectivity index (χ0) is 17.8. The van der Waals surface area contributed by atoms with Crippen molar-refractivity contribution in [1.82, 2.24) is 9.88 Å². The highest BCUT2D eigenvalue weighted by Gasteiger charge is 2.27. The number of likely N-dealkylation sites (tertiary alicyclic amines) is 1. The number of benzene rings is 1. The normalized spacial score (nSPS) is 15.3. The molecule has 1 aliphatic heterocycles. The summed E-state index contributed by atoms with van der Waals surface area (Å²) >= 11 is 1.49. The van der Waals surface area contributed by atoms with E-state index in [9.17, 15) is 14.0 Å². The Morgan fingerprint density at radius 1 is 1.24 bits per heavy atom. The average molecular weight is 362 g/mol. The molecule has 2 heterocycles. The number of halogens is 1. The number of aromatic nitrogens is 1. The van der Waals surface area contributed by atoms with Gasteiger partial charge in [0.2, 0.25) is 5.91 Å². The number of piperidine rings is 1. The van der Waals surface area contributed by atoms with Gasteiger partial charge in [0.15, 0.2) is 0 Å². The van der Waals surface area contributed by atoms with Gasteiger partial charge < -0.3 is 10.0 Å². The Hall–Kier alpha value is -2.28. The predicted molar refractivity (Wildman–Crippen MR) is 92.0 cm³/mol. The molecule has 1 aliphatic rings. The lowest BCUT2D eigenvalue weighted by Gasteiger charge is -2.30. The molecule has 132 valence electrons. The molecule has 2 aromatic rings. The largest absolute Gasteiger partial charge is 0.481 e. The van der Waals surface area contributed by atoms with Crippen molar-refractivity contribution < 1.29 is 19.1 Å². The lowest BCUT2D eigenvalue weighted by molar-refractivity contribution is -0.145. The van der Waals surface area contributed by atoms with Crippen LogP contribution >= 0.6 is 11.3 Å². The third kappa shape index (κ3) is 4.63. The van der Waals surface area contributed by atoms with Crippen molar-refractivity contribution in [1.29, 1.82) is 0 Å². The standard InChI is InChI=1S/C18H19FN2O3S/c19-14-3-1-12(2-4-14)9-16-20-15(11-25-16)10-17(22)21-7-5-13(6-8-21)18(23)24/h1-4,11,13H,5-10H2,(H,23,24). The molecule has 7 heteroatoms. The number of carbonyl (C=O) groups is 2. The lowest BCUT2D eigenvalue weighted by atomic mass is 9.97. The summed E-state index contributed by atoms with van der Waals surface area (Å²) in [5, 5.41) is 11.8. The Morgan fingerprint density at radius 2 is 1.92 bits per heavy atom. The Kier molecular flexibility index (Phi) is 5.43. The van der Waals surface area contributed by atoms with Crippen molar-refractivity contribution in [3.8, 4) is 0 Å². The fourth-order valence-electron chi connectivity index (χ4n) is 2.93. The number of hydrogen-bond donors (Lipinski definition) is 1. The molecule has 0 aliphatic carbocycles. The molecule has 1 saturated heterocycles. The van der Waals surface area contributed by atoms with Crippen LogP contribution in [0.1, 0.15) is 29.1 Å². The molecule has 0 radical (unpaired) electrons. The molecule has 1 N–H and O–H groups in total. The third-order valence-electron chi connectivity index (χ3n) is 4.40. The molecule has 0 atom stereocenters. The Labute approximate surface area is 149 Å². The van der Waals surface area contributed by atoms with Gasteiger partial charge in [-0.05, 0) is 30.5 Å². The molecule has 25 heavy (non-hydrogen) atoms. The first-order chi connectivity index (χ1) is 12.0. The number of hydrogen-bond acceptors (Lipinski definition) is 4. The van der Waals surface area contributed by atoms with Gasteiger partial charge in [-0.1, -0.05) is 12.1 Å². The molecule has 1 aromatic carbocycles. The molecule has 1 aromatic heterocycles. The van der Waals surface area contributed by atoms with Crippen molar-refractivity contribution in [3.05, 3.63) is 51.7 Å². The summed E-state index contributed by atoms with van der Waals surface area (Å²) in [5.74, 6) is -1.40. The Balaban J connectivity index is 1.53. The van der Waals surface area contributed by atoms with Gasteiger partial charge in [-0.25, -0.2) is 9.37 Å². The van der Waals surface area contributed by atoms with E-state index < -0.39 is 5.97 Å². The molecule has 1 amide bonds. The lowest BCUT2D eigenvalue weighted by Crippen LogP contribution is -2.41. The number of carboxylic acid groups (broad SMARTS) is 1. The minimum Gasteiger partial charge on any atom is -0.481 e. The molecule has 0 spiro atoms. The van der Waals surface area contributed by atoms with Crippen molar-refractivity contribution in [3.63, 3.8) is 0 Å². The van der Waals surface area contributed by atoms with Gasteiger partial charge >= 0.3 is 5.97 Å². The number of carbonyl (C=O) groups excluding carboxylic acids is 1. The molecule has 3 rings (SSSR count). The van der Waals surface area contributed by atoms with Gasteiger partial charge in [0.05, 0.1) is 23.0 Å². The molecular weight excluding hydrogens is 343 g/mol. The van der Waals surface area contributed by atoms with E-state index in [0.717, 1.165) is 16.3 Å². The van der Waals surface area contributed by atoms with E-state index >= 15 is 0 Å². The highest BCUT2D eigenvalue weighted by Crippen LogP contribution is 2.20. The van der Waals surface area contributed by atoms with Crippen LogP contribution in [0, 0.1) is 11.7 Å². The van der Waals surface area contributed by atoms with E-state index in [1.54, 1.807) is 17.0 Å². The summed E-state index contributed by atoms with van der Waals surface area (Å²) in [7, 11) is 0. The van der Waals surface area contributed by atoms with Crippen molar-refractivity contribution in [2.24, 2.45) is 5.92 Å². The van der Waals surface area contributed by atoms with Crippen LogP contribution in [0.25, 0.3) is 0 Å². The number of nitrogens with zero attached hydrogens (tertiary/aromatic N) is 2. The van der Waals surface area contributed by atoms with E-state index in [2.05, 4.69) is 4.98 Å². The van der Waals surface area contributed by atoms with E-state index in [1.165, 1.54) is 23.5 Å². The quantitative estimate of drug-likeness (QED) is 0.888. The Morgan fingerprint density at radius 3 is 2.56 bits per heavy atom. The maximum atomic E-state index is 12.9. The number of thiazole rings is 1. The second-order valence-corrected chi connectivity index (χ2v) is 7.15. The molecule has 5 nitrogen and oxygen atoms in total. The van der Waals surface area contributed by atoms with Crippen LogP contribution in [0.15, 0.2) is 29.6 Å². The van der Waals surface area contributed by atoms with E-state index in [-0.39, 0.29) is 24.1 Å². The van der Waals surface area contributed by atoms with Gasteiger partial charge in [0.1, 0.15) is 5.82 Å². The molecule has 1 fully saturated rings. The maximum absolute atomic E-state index is 12.9. The van der Waals surface area contributed by atoms with Crippen LogP contribution in [0.3, 0.4) is 0 Å². The van der Waals surface area contributed by atoms with Gasteiger partial charge in [-0.15, -0.1) is 11.3 Å². The van der Waals surface area contributed by atoms with Crippen LogP contribution in [0.2, 0.25) is 0 Å². The first-order valence-electron chi connectivity index (χ1n) is 8.19. The average Bonchev–Trinajstić information content (AvgIpc) is 3.04. The van der Waals surface area contributed by atoms with Gasteiger partial charge in [-0.3, -0.25) is 9.59 Å². The molecule has 0 saturated carbocycles. The van der Waals surface area contributed by atoms with Gasteiger partial charge in [0.25, 0.3) is 0 Å². The minimum atomic E-state index is -0.781. The van der Waals surface area contributed by atoms with Gasteiger partial charge in [0, 0.05) is 24.9 Å². The fraction of sp³-hybridized carbons (Fsp3) is 0.389. The zero-order valence-electron chi connectivity index (χ0n) is 13.7. The van der Waals surface area contributed by atoms with Crippen LogP contribution in [0.5, 0.6) is 0 Å². The first kappa shape index (κ1) is 17.5. The smallest absolute Gasteiger partial charge is 0.306 e. The summed E-state index contributed by atoms with van der Waals surface area (Å²) in [5.41, 5.74) is 1.71. The van der Waals surface area contributed by atoms with E-state index in [0.29, 0.717) is 32.4 Å². The number of aliphatic carboxylic acids is 1. The van der Waals surface area contributed by atoms with Crippen LogP contribution in [0.4, 0.5) is 4.39 Å².